The van der Waals surface area contributed by atoms with Crippen molar-refractivity contribution in [1.29, 1.82) is 0 Å². The lowest BCUT2D eigenvalue weighted by Gasteiger charge is -2.23. The van der Waals surface area contributed by atoms with Gasteiger partial charge in [-0.2, -0.15) is 0 Å². The van der Waals surface area contributed by atoms with Crippen LogP contribution in [-0.4, -0.2) is 0 Å². The standard InChI is InChI=1S/C32H29N/c1-6-20-11-14-24-26-16-13-22(19-30(26)32(4,5)28(24)17-20)33-21-12-15-25-23-9-7-8-10-27(23)31(2,3)29(25)18-21/h6-19,33H,1H2,2-5H3. The molecule has 0 bridgehead atoms. The molecule has 0 atom stereocenters. The molecule has 2 aliphatic carbocycles. The maximum atomic E-state index is 3.95. The van der Waals surface area contributed by atoms with Crippen LogP contribution < -0.4 is 5.32 Å². The molecule has 2 aliphatic rings. The van der Waals surface area contributed by atoms with E-state index in [0.717, 1.165) is 11.4 Å². The summed E-state index contributed by atoms with van der Waals surface area (Å²) in [4.78, 5) is 0. The summed E-state index contributed by atoms with van der Waals surface area (Å²) in [5, 5.41) is 3.70. The van der Waals surface area contributed by atoms with Gasteiger partial charge in [0.2, 0.25) is 0 Å². The highest BCUT2D eigenvalue weighted by Crippen LogP contribution is 2.51. The van der Waals surface area contributed by atoms with Gasteiger partial charge in [-0.1, -0.05) is 94.9 Å². The topological polar surface area (TPSA) is 12.0 Å². The molecule has 0 saturated carbocycles. The Morgan fingerprint density at radius 2 is 1.06 bits per heavy atom. The van der Waals surface area contributed by atoms with Crippen LogP contribution in [0.3, 0.4) is 0 Å². The van der Waals surface area contributed by atoms with Gasteiger partial charge >= 0.3 is 0 Å². The number of nitrogens with one attached hydrogen (secondary N) is 1. The molecule has 1 N–H and O–H groups in total. The van der Waals surface area contributed by atoms with Crippen molar-refractivity contribution >= 4 is 17.5 Å². The van der Waals surface area contributed by atoms with E-state index in [2.05, 4.69) is 118 Å². The molecule has 1 heteroatoms. The van der Waals surface area contributed by atoms with E-state index < -0.39 is 0 Å². The first kappa shape index (κ1) is 20.1. The van der Waals surface area contributed by atoms with Crippen LogP contribution in [0.1, 0.15) is 55.5 Å². The molecule has 0 fully saturated rings. The first-order valence-corrected chi connectivity index (χ1v) is 11.7. The van der Waals surface area contributed by atoms with Crippen LogP contribution in [-0.2, 0) is 10.8 Å². The summed E-state index contributed by atoms with van der Waals surface area (Å²) >= 11 is 0. The van der Waals surface area contributed by atoms with Crippen LogP contribution in [0.2, 0.25) is 0 Å². The largest absolute Gasteiger partial charge is 0.356 e. The van der Waals surface area contributed by atoms with E-state index in [1.807, 2.05) is 6.08 Å². The van der Waals surface area contributed by atoms with Gasteiger partial charge in [0.25, 0.3) is 0 Å². The lowest BCUT2D eigenvalue weighted by atomic mass is 9.81. The van der Waals surface area contributed by atoms with Gasteiger partial charge in [0.15, 0.2) is 0 Å². The van der Waals surface area contributed by atoms with Gasteiger partial charge < -0.3 is 5.32 Å². The zero-order valence-electron chi connectivity index (χ0n) is 19.8. The maximum Gasteiger partial charge on any atom is 0.0387 e. The smallest absolute Gasteiger partial charge is 0.0387 e. The molecule has 1 nitrogen and oxygen atoms in total. The van der Waals surface area contributed by atoms with E-state index in [0.29, 0.717) is 0 Å². The van der Waals surface area contributed by atoms with Crippen LogP contribution in [0.5, 0.6) is 0 Å². The molecule has 0 radical (unpaired) electrons. The Balaban J connectivity index is 1.37. The Bertz CT molecular complexity index is 1450. The van der Waals surface area contributed by atoms with Crippen LogP contribution in [0.15, 0.2) is 85.4 Å². The molecule has 33 heavy (non-hydrogen) atoms. The SMILES string of the molecule is C=Cc1ccc2c(c1)C(C)(C)c1cc(Nc3ccc4c(c3)C(C)(C)c3ccccc3-4)ccc1-2. The zero-order valence-corrected chi connectivity index (χ0v) is 19.8. The number of anilines is 2. The minimum absolute atomic E-state index is 0.00798. The molecule has 4 aromatic carbocycles. The molecule has 0 aliphatic heterocycles. The van der Waals surface area contributed by atoms with Crippen LogP contribution >= 0.6 is 0 Å². The van der Waals surface area contributed by atoms with E-state index in [1.54, 1.807) is 0 Å². The molecule has 0 aromatic heterocycles. The van der Waals surface area contributed by atoms with E-state index in [-0.39, 0.29) is 10.8 Å². The molecule has 6 rings (SSSR count). The summed E-state index contributed by atoms with van der Waals surface area (Å²) in [6, 6.07) is 29.1. The zero-order chi connectivity index (χ0) is 23.0. The Kier molecular flexibility index (Phi) is 4.08. The van der Waals surface area contributed by atoms with Crippen molar-refractivity contribution in [3.05, 3.63) is 113 Å². The Hall–Kier alpha value is -3.58. The first-order chi connectivity index (χ1) is 15.8. The molecule has 0 saturated heterocycles. The normalized spacial score (nSPS) is 15.9. The molecule has 162 valence electrons. The third-order valence-electron chi connectivity index (χ3n) is 7.81. The van der Waals surface area contributed by atoms with Gasteiger partial charge in [-0.15, -0.1) is 0 Å². The fourth-order valence-electron chi connectivity index (χ4n) is 5.91. The van der Waals surface area contributed by atoms with Gasteiger partial charge in [-0.25, -0.2) is 0 Å². The Labute approximate surface area is 196 Å². The lowest BCUT2D eigenvalue weighted by molar-refractivity contribution is 0.660. The van der Waals surface area contributed by atoms with Crippen LogP contribution in [0.4, 0.5) is 11.4 Å². The molecule has 0 amide bonds. The average molecular weight is 428 g/mol. The van der Waals surface area contributed by atoms with Gasteiger partial charge in [-0.3, -0.25) is 0 Å². The van der Waals surface area contributed by atoms with Crippen molar-refractivity contribution in [3.63, 3.8) is 0 Å². The van der Waals surface area contributed by atoms with Gasteiger partial charge in [0.1, 0.15) is 0 Å². The van der Waals surface area contributed by atoms with Crippen molar-refractivity contribution in [2.75, 3.05) is 5.32 Å². The molecule has 0 unspecified atom stereocenters. The average Bonchev–Trinajstić information content (AvgIpc) is 3.18. The highest BCUT2D eigenvalue weighted by atomic mass is 14.9. The summed E-state index contributed by atoms with van der Waals surface area (Å²) in [5.74, 6) is 0. The quantitative estimate of drug-likeness (QED) is 0.345. The van der Waals surface area contributed by atoms with E-state index in [1.165, 1.54) is 50.1 Å². The van der Waals surface area contributed by atoms with Crippen LogP contribution in [0.25, 0.3) is 28.3 Å². The summed E-state index contributed by atoms with van der Waals surface area (Å²) in [6.07, 6.45) is 1.93. The minimum Gasteiger partial charge on any atom is -0.356 e. The maximum absolute atomic E-state index is 3.95. The summed E-state index contributed by atoms with van der Waals surface area (Å²) in [5.41, 5.74) is 14.3. The lowest BCUT2D eigenvalue weighted by Crippen LogP contribution is -2.15. The Morgan fingerprint density at radius 3 is 1.67 bits per heavy atom. The molecule has 0 spiro atoms. The summed E-state index contributed by atoms with van der Waals surface area (Å²) in [7, 11) is 0. The highest BCUT2D eigenvalue weighted by Gasteiger charge is 2.36. The second kappa shape index (κ2) is 6.71. The second-order valence-electron chi connectivity index (χ2n) is 10.5. The fourth-order valence-corrected chi connectivity index (χ4v) is 5.91. The highest BCUT2D eigenvalue weighted by molar-refractivity contribution is 5.85. The van der Waals surface area contributed by atoms with Crippen molar-refractivity contribution in [2.24, 2.45) is 0 Å². The van der Waals surface area contributed by atoms with E-state index in [9.17, 15) is 0 Å². The first-order valence-electron chi connectivity index (χ1n) is 11.7. The number of fused-ring (bicyclic) bond motifs is 6. The molecule has 0 heterocycles. The number of benzene rings is 4. The summed E-state index contributed by atoms with van der Waals surface area (Å²) in [6.45, 7) is 13.3. The van der Waals surface area contributed by atoms with Crippen molar-refractivity contribution < 1.29 is 0 Å². The Morgan fingerprint density at radius 1 is 0.576 bits per heavy atom. The van der Waals surface area contributed by atoms with Crippen LogP contribution in [0, 0.1) is 0 Å². The number of hydrogen-bond donors (Lipinski definition) is 1. The minimum atomic E-state index is -0.0387. The van der Waals surface area contributed by atoms with Crippen molar-refractivity contribution in [2.45, 2.75) is 38.5 Å². The third kappa shape index (κ3) is 2.78. The van der Waals surface area contributed by atoms with Gasteiger partial charge in [0.05, 0.1) is 0 Å². The molecule has 4 aromatic rings. The van der Waals surface area contributed by atoms with Gasteiger partial charge in [-0.05, 0) is 74.3 Å². The van der Waals surface area contributed by atoms with Crippen molar-refractivity contribution in [1.82, 2.24) is 0 Å². The van der Waals surface area contributed by atoms with Crippen molar-refractivity contribution in [3.8, 4) is 22.3 Å². The molecular formula is C32H29N. The van der Waals surface area contributed by atoms with Gasteiger partial charge in [0, 0.05) is 22.2 Å². The summed E-state index contributed by atoms with van der Waals surface area (Å²) < 4.78 is 0. The second-order valence-corrected chi connectivity index (χ2v) is 10.5. The molecular weight excluding hydrogens is 398 g/mol. The fraction of sp³-hybridized carbons (Fsp3) is 0.188. The third-order valence-corrected chi connectivity index (χ3v) is 7.81. The monoisotopic (exact) mass is 427 g/mol. The van der Waals surface area contributed by atoms with E-state index >= 15 is 0 Å². The van der Waals surface area contributed by atoms with E-state index in [4.69, 9.17) is 0 Å². The number of rotatable bonds is 3. The number of hydrogen-bond acceptors (Lipinski definition) is 1. The predicted octanol–water partition coefficient (Wildman–Crippen LogP) is 8.69. The predicted molar refractivity (Wildman–Crippen MR) is 141 cm³/mol.